The van der Waals surface area contributed by atoms with E-state index in [0.717, 1.165) is 12.8 Å². The molecule has 0 heterocycles. The summed E-state index contributed by atoms with van der Waals surface area (Å²) >= 11 is 0. The van der Waals surface area contributed by atoms with Crippen LogP contribution in [-0.4, -0.2) is 50.0 Å². The van der Waals surface area contributed by atoms with E-state index in [0.29, 0.717) is 17.4 Å². The molecule has 178 valence electrons. The lowest BCUT2D eigenvalue weighted by atomic mass is 10.0. The van der Waals surface area contributed by atoms with E-state index in [9.17, 15) is 9.59 Å². The highest BCUT2D eigenvalue weighted by atomic mass is 16.5. The van der Waals surface area contributed by atoms with Gasteiger partial charge in [0.1, 0.15) is 12.3 Å². The Hall–Kier alpha value is -0.900. The van der Waals surface area contributed by atoms with E-state index in [-0.39, 0.29) is 29.7 Å². The molecule has 0 aromatic carbocycles. The van der Waals surface area contributed by atoms with Gasteiger partial charge in [0.15, 0.2) is 6.10 Å². The van der Waals surface area contributed by atoms with Gasteiger partial charge < -0.3 is 9.22 Å². The Morgan fingerprint density at radius 2 is 1.23 bits per heavy atom. The Kier molecular flexibility index (Phi) is 16.2. The predicted molar refractivity (Wildman–Crippen MR) is 127 cm³/mol. The van der Waals surface area contributed by atoms with Crippen LogP contribution in [0, 0.1) is 11.8 Å². The Balaban J connectivity index is 4.06. The molecule has 0 bridgehead atoms. The molecule has 0 saturated heterocycles. The zero-order chi connectivity index (χ0) is 23.0. The van der Waals surface area contributed by atoms with Crippen LogP contribution >= 0.6 is 0 Å². The summed E-state index contributed by atoms with van der Waals surface area (Å²) < 4.78 is 6.46. The maximum Gasteiger partial charge on any atom is 0.309 e. The van der Waals surface area contributed by atoms with Crippen molar-refractivity contribution in [2.75, 3.05) is 27.7 Å². The fraction of sp³-hybridized carbons (Fsp3) is 0.923. The third kappa shape index (κ3) is 16.8. The van der Waals surface area contributed by atoms with Gasteiger partial charge in [-0.25, -0.2) is 0 Å². The Morgan fingerprint density at radius 1 is 0.767 bits per heavy atom. The number of likely N-dealkylation sites (N-methyl/N-ethyl adjacent to an activating group) is 1. The van der Waals surface area contributed by atoms with E-state index in [1.807, 2.05) is 20.8 Å². The van der Waals surface area contributed by atoms with E-state index in [2.05, 4.69) is 28.1 Å². The molecule has 0 aromatic rings. The third-order valence-corrected chi connectivity index (χ3v) is 5.75. The minimum absolute atomic E-state index is 0.0209. The SMILES string of the molecule is CCCCCCCCCCCCCC(C)C(=O)OC(CC(=O)C(C)C)C[N+](C)(C)C. The van der Waals surface area contributed by atoms with Gasteiger partial charge in [-0.2, -0.15) is 0 Å². The normalized spacial score (nSPS) is 14.0. The van der Waals surface area contributed by atoms with E-state index in [4.69, 9.17) is 4.74 Å². The first kappa shape index (κ1) is 29.1. The van der Waals surface area contributed by atoms with E-state index in [1.165, 1.54) is 64.2 Å². The smallest absolute Gasteiger partial charge is 0.309 e. The molecular weight excluding hydrogens is 374 g/mol. The van der Waals surface area contributed by atoms with Crippen molar-refractivity contribution >= 4 is 11.8 Å². The molecule has 0 spiro atoms. The Bertz CT molecular complexity index is 454. The summed E-state index contributed by atoms with van der Waals surface area (Å²) in [5.41, 5.74) is 0. The second kappa shape index (κ2) is 16.8. The van der Waals surface area contributed by atoms with Crippen molar-refractivity contribution in [2.45, 2.75) is 117 Å². The second-order valence-corrected chi connectivity index (χ2v) is 10.6. The van der Waals surface area contributed by atoms with E-state index in [1.54, 1.807) is 0 Å². The first-order valence-electron chi connectivity index (χ1n) is 12.6. The average molecular weight is 427 g/mol. The van der Waals surface area contributed by atoms with Crippen LogP contribution in [0.2, 0.25) is 0 Å². The lowest BCUT2D eigenvalue weighted by Gasteiger charge is -2.29. The molecule has 0 rings (SSSR count). The molecule has 2 atom stereocenters. The van der Waals surface area contributed by atoms with Gasteiger partial charge in [0.2, 0.25) is 0 Å². The van der Waals surface area contributed by atoms with Crippen LogP contribution in [0.5, 0.6) is 0 Å². The fourth-order valence-electron chi connectivity index (χ4n) is 3.73. The van der Waals surface area contributed by atoms with Crippen molar-refractivity contribution in [1.29, 1.82) is 0 Å². The van der Waals surface area contributed by atoms with Gasteiger partial charge in [-0.05, 0) is 6.42 Å². The molecule has 4 heteroatoms. The molecule has 0 N–H and O–H groups in total. The number of hydrogen-bond acceptors (Lipinski definition) is 3. The first-order valence-corrected chi connectivity index (χ1v) is 12.6. The molecule has 0 aliphatic heterocycles. The molecule has 0 radical (unpaired) electrons. The van der Waals surface area contributed by atoms with Crippen LogP contribution in [-0.2, 0) is 14.3 Å². The maximum atomic E-state index is 12.6. The lowest BCUT2D eigenvalue weighted by Crippen LogP contribution is -2.44. The molecule has 0 aliphatic carbocycles. The monoisotopic (exact) mass is 426 g/mol. The van der Waals surface area contributed by atoms with E-state index < -0.39 is 0 Å². The number of carbonyl (C=O) groups excluding carboxylic acids is 2. The molecule has 0 fully saturated rings. The first-order chi connectivity index (χ1) is 14.1. The summed E-state index contributed by atoms with van der Waals surface area (Å²) in [6.45, 7) is 8.70. The number of rotatable bonds is 19. The predicted octanol–water partition coefficient (Wildman–Crippen LogP) is 6.56. The zero-order valence-corrected chi connectivity index (χ0v) is 21.3. The molecule has 4 nitrogen and oxygen atoms in total. The van der Waals surface area contributed by atoms with Gasteiger partial charge in [0, 0.05) is 12.3 Å². The Labute approximate surface area is 187 Å². The van der Waals surface area contributed by atoms with Crippen molar-refractivity contribution in [2.24, 2.45) is 11.8 Å². The number of ether oxygens (including phenoxy) is 1. The number of hydrogen-bond donors (Lipinski definition) is 0. The molecule has 0 aliphatic rings. The minimum Gasteiger partial charge on any atom is -0.456 e. The number of unbranched alkanes of at least 4 members (excludes halogenated alkanes) is 10. The molecule has 0 saturated carbocycles. The van der Waals surface area contributed by atoms with Gasteiger partial charge in [-0.3, -0.25) is 9.59 Å². The molecule has 30 heavy (non-hydrogen) atoms. The van der Waals surface area contributed by atoms with Gasteiger partial charge in [-0.15, -0.1) is 0 Å². The average Bonchev–Trinajstić information content (AvgIpc) is 2.64. The quantitative estimate of drug-likeness (QED) is 0.133. The van der Waals surface area contributed by atoms with Crippen LogP contribution in [0.15, 0.2) is 0 Å². The molecule has 0 aromatic heterocycles. The second-order valence-electron chi connectivity index (χ2n) is 10.6. The van der Waals surface area contributed by atoms with Gasteiger partial charge in [-0.1, -0.05) is 98.3 Å². The summed E-state index contributed by atoms with van der Waals surface area (Å²) in [6.07, 6.45) is 15.3. The van der Waals surface area contributed by atoms with Crippen LogP contribution < -0.4 is 0 Å². The summed E-state index contributed by atoms with van der Waals surface area (Å²) in [5.74, 6) is -0.0866. The maximum absolute atomic E-state index is 12.6. The summed E-state index contributed by atoms with van der Waals surface area (Å²) in [6, 6.07) is 0. The van der Waals surface area contributed by atoms with E-state index >= 15 is 0 Å². The number of ketones is 1. The standard InChI is InChI=1S/C26H52NO3/c1-8-9-10-11-12-13-14-15-16-17-18-19-23(4)26(29)30-24(21-27(5,6)7)20-25(28)22(2)3/h22-24H,8-21H2,1-7H3/q+1. The number of carbonyl (C=O) groups is 2. The summed E-state index contributed by atoms with van der Waals surface area (Å²) in [5, 5.41) is 0. The molecular formula is C26H52NO3+. The topological polar surface area (TPSA) is 43.4 Å². The van der Waals surface area contributed by atoms with Gasteiger partial charge >= 0.3 is 5.97 Å². The fourth-order valence-corrected chi connectivity index (χ4v) is 3.73. The van der Waals surface area contributed by atoms with Gasteiger partial charge in [0.25, 0.3) is 0 Å². The van der Waals surface area contributed by atoms with Gasteiger partial charge in [0.05, 0.1) is 27.1 Å². The molecule has 2 unspecified atom stereocenters. The third-order valence-electron chi connectivity index (χ3n) is 5.75. The van der Waals surface area contributed by atoms with Crippen molar-refractivity contribution in [3.05, 3.63) is 0 Å². The minimum atomic E-state index is -0.327. The zero-order valence-electron chi connectivity index (χ0n) is 21.3. The number of nitrogens with zero attached hydrogens (tertiary/aromatic N) is 1. The van der Waals surface area contributed by atoms with Crippen molar-refractivity contribution in [1.82, 2.24) is 0 Å². The van der Waals surface area contributed by atoms with Crippen LogP contribution in [0.25, 0.3) is 0 Å². The van der Waals surface area contributed by atoms with Crippen LogP contribution in [0.4, 0.5) is 0 Å². The number of Topliss-reactive ketones (excluding diaryl/α,β-unsaturated/α-hetero) is 1. The lowest BCUT2D eigenvalue weighted by molar-refractivity contribution is -0.873. The van der Waals surface area contributed by atoms with Crippen molar-refractivity contribution in [3.8, 4) is 0 Å². The highest BCUT2D eigenvalue weighted by Crippen LogP contribution is 2.17. The van der Waals surface area contributed by atoms with Crippen LogP contribution in [0.3, 0.4) is 0 Å². The summed E-state index contributed by atoms with van der Waals surface area (Å²) in [4.78, 5) is 24.7. The summed E-state index contributed by atoms with van der Waals surface area (Å²) in [7, 11) is 6.19. The number of quaternary nitrogens is 1. The number of esters is 1. The van der Waals surface area contributed by atoms with Crippen molar-refractivity contribution in [3.63, 3.8) is 0 Å². The Morgan fingerprint density at radius 3 is 1.67 bits per heavy atom. The molecule has 0 amide bonds. The largest absolute Gasteiger partial charge is 0.456 e. The van der Waals surface area contributed by atoms with Crippen molar-refractivity contribution < 1.29 is 18.8 Å². The van der Waals surface area contributed by atoms with Crippen LogP contribution in [0.1, 0.15) is 111 Å². The highest BCUT2D eigenvalue weighted by Gasteiger charge is 2.27. The highest BCUT2D eigenvalue weighted by molar-refractivity contribution is 5.81.